The molecule has 0 aromatic rings. The second-order valence-corrected chi connectivity index (χ2v) is 2.53. The number of hydroxylamine groups is 2. The molecule has 0 aliphatic carbocycles. The molecule has 1 saturated heterocycles. The lowest BCUT2D eigenvalue weighted by Gasteiger charge is -2.28. The summed E-state index contributed by atoms with van der Waals surface area (Å²) in [5.74, 6) is 0. The van der Waals surface area contributed by atoms with Crippen LogP contribution >= 0.6 is 0 Å². The van der Waals surface area contributed by atoms with Crippen molar-refractivity contribution in [3.05, 3.63) is 0 Å². The number of hydrogen-bond acceptors (Lipinski definition) is 4. The van der Waals surface area contributed by atoms with Gasteiger partial charge in [-0.25, -0.2) is 4.79 Å². The normalized spacial score (nSPS) is 26.5. The van der Waals surface area contributed by atoms with Crippen LogP contribution in [0.5, 0.6) is 0 Å². The Kier molecular flexibility index (Phi) is 2.67. The van der Waals surface area contributed by atoms with Crippen molar-refractivity contribution in [3.63, 3.8) is 0 Å². The number of hydrogen-bond donors (Lipinski definition) is 2. The van der Waals surface area contributed by atoms with Gasteiger partial charge in [-0.3, -0.25) is 0 Å². The van der Waals surface area contributed by atoms with E-state index in [1.54, 1.807) is 0 Å². The van der Waals surface area contributed by atoms with E-state index in [1.165, 1.54) is 5.06 Å². The van der Waals surface area contributed by atoms with E-state index < -0.39 is 12.3 Å². The molecule has 0 aromatic heterocycles. The molecule has 1 amide bonds. The van der Waals surface area contributed by atoms with Crippen LogP contribution in [-0.4, -0.2) is 29.0 Å². The van der Waals surface area contributed by atoms with Crippen LogP contribution in [0, 0.1) is 0 Å². The third-order valence-electron chi connectivity index (χ3n) is 1.63. The molecule has 0 aromatic carbocycles. The molecule has 3 N–H and O–H groups in total. The monoisotopic (exact) mass is 160 g/mol. The third-order valence-corrected chi connectivity index (χ3v) is 1.63. The fourth-order valence-electron chi connectivity index (χ4n) is 1.11. The zero-order valence-electron chi connectivity index (χ0n) is 6.19. The van der Waals surface area contributed by atoms with Gasteiger partial charge in [0, 0.05) is 6.54 Å². The molecule has 1 rings (SSSR count). The summed E-state index contributed by atoms with van der Waals surface area (Å²) in [5.41, 5.74) is 4.77. The predicted octanol–water partition coefficient (Wildman–Crippen LogP) is -0.199. The molecular weight excluding hydrogens is 148 g/mol. The molecule has 5 nitrogen and oxygen atoms in total. The molecule has 0 spiro atoms. The number of piperidine rings is 1. The minimum Gasteiger partial charge on any atom is -0.375 e. The summed E-state index contributed by atoms with van der Waals surface area (Å²) in [6.45, 7) is 0.560. The Morgan fingerprint density at radius 2 is 2.36 bits per heavy atom. The molecule has 64 valence electrons. The molecule has 1 fully saturated rings. The Hall–Kier alpha value is -0.810. The van der Waals surface area contributed by atoms with Crippen LogP contribution in [0.15, 0.2) is 0 Å². The third kappa shape index (κ3) is 2.36. The van der Waals surface area contributed by atoms with Crippen molar-refractivity contribution in [2.45, 2.75) is 25.5 Å². The number of rotatable bonds is 1. The number of carbonyl (C=O) groups is 1. The van der Waals surface area contributed by atoms with Crippen molar-refractivity contribution in [1.82, 2.24) is 5.06 Å². The van der Waals surface area contributed by atoms with Crippen LogP contribution in [0.25, 0.3) is 0 Å². The Morgan fingerprint density at radius 3 is 2.91 bits per heavy atom. The molecule has 5 heteroatoms. The van der Waals surface area contributed by atoms with Crippen molar-refractivity contribution in [2.24, 2.45) is 5.73 Å². The first-order valence-electron chi connectivity index (χ1n) is 3.62. The topological polar surface area (TPSA) is 75.8 Å². The van der Waals surface area contributed by atoms with Crippen molar-refractivity contribution in [2.75, 3.05) is 6.54 Å². The molecule has 1 aliphatic rings. The van der Waals surface area contributed by atoms with Crippen LogP contribution < -0.4 is 5.73 Å². The highest BCUT2D eigenvalue weighted by Gasteiger charge is 2.22. The average Bonchev–Trinajstić information content (AvgIpc) is 1.93. The number of carbonyl (C=O) groups excluding carboxylic acids is 1. The largest absolute Gasteiger partial charge is 0.423 e. The maximum Gasteiger partial charge on any atom is 0.423 e. The van der Waals surface area contributed by atoms with Crippen molar-refractivity contribution in [3.8, 4) is 0 Å². The maximum atomic E-state index is 10.3. The highest BCUT2D eigenvalue weighted by Crippen LogP contribution is 2.14. The van der Waals surface area contributed by atoms with E-state index >= 15 is 0 Å². The molecule has 0 radical (unpaired) electrons. The van der Waals surface area contributed by atoms with Gasteiger partial charge in [0.1, 0.15) is 6.23 Å². The predicted molar refractivity (Wildman–Crippen MR) is 37.2 cm³/mol. The number of nitrogens with two attached hydrogens (primary N) is 1. The van der Waals surface area contributed by atoms with Gasteiger partial charge >= 0.3 is 6.09 Å². The molecular formula is C6H12N2O3. The summed E-state index contributed by atoms with van der Waals surface area (Å²) < 4.78 is 0. The molecule has 0 saturated carbocycles. The lowest BCUT2D eigenvalue weighted by molar-refractivity contribution is -0.207. The van der Waals surface area contributed by atoms with E-state index in [1.807, 2.05) is 0 Å². The first kappa shape index (κ1) is 8.29. The second-order valence-electron chi connectivity index (χ2n) is 2.53. The van der Waals surface area contributed by atoms with Crippen molar-refractivity contribution >= 4 is 6.09 Å². The Balaban J connectivity index is 2.35. The summed E-state index contributed by atoms with van der Waals surface area (Å²) in [7, 11) is 0. The van der Waals surface area contributed by atoms with Gasteiger partial charge in [-0.2, -0.15) is 0 Å². The Morgan fingerprint density at radius 1 is 1.64 bits per heavy atom. The second kappa shape index (κ2) is 3.54. The van der Waals surface area contributed by atoms with E-state index in [0.717, 1.165) is 12.8 Å². The Labute approximate surface area is 64.7 Å². The average molecular weight is 160 g/mol. The smallest absolute Gasteiger partial charge is 0.375 e. The van der Waals surface area contributed by atoms with Gasteiger partial charge in [-0.15, -0.1) is 5.06 Å². The van der Waals surface area contributed by atoms with E-state index in [9.17, 15) is 9.90 Å². The number of amides is 1. The number of primary amides is 1. The maximum absolute atomic E-state index is 10.3. The van der Waals surface area contributed by atoms with Gasteiger partial charge in [0.25, 0.3) is 0 Å². The summed E-state index contributed by atoms with van der Waals surface area (Å²) in [6, 6.07) is 0. The number of aliphatic hydroxyl groups excluding tert-OH is 1. The first-order chi connectivity index (χ1) is 5.20. The summed E-state index contributed by atoms with van der Waals surface area (Å²) in [4.78, 5) is 14.8. The van der Waals surface area contributed by atoms with Gasteiger partial charge in [-0.1, -0.05) is 0 Å². The van der Waals surface area contributed by atoms with Gasteiger partial charge in [0.15, 0.2) is 0 Å². The lowest BCUT2D eigenvalue weighted by Crippen LogP contribution is -2.41. The van der Waals surface area contributed by atoms with E-state index in [-0.39, 0.29) is 0 Å². The van der Waals surface area contributed by atoms with Gasteiger partial charge < -0.3 is 15.7 Å². The van der Waals surface area contributed by atoms with Crippen molar-refractivity contribution < 1.29 is 14.7 Å². The highest BCUT2D eigenvalue weighted by molar-refractivity contribution is 5.64. The molecule has 1 aliphatic heterocycles. The number of aliphatic hydroxyl groups is 1. The highest BCUT2D eigenvalue weighted by atomic mass is 16.7. The summed E-state index contributed by atoms with van der Waals surface area (Å²) in [6.07, 6.45) is 0.958. The van der Waals surface area contributed by atoms with Gasteiger partial charge in [-0.05, 0) is 19.3 Å². The number of nitrogens with zero attached hydrogens (tertiary/aromatic N) is 1. The van der Waals surface area contributed by atoms with Crippen LogP contribution in [0.1, 0.15) is 19.3 Å². The molecule has 1 atom stereocenters. The molecule has 11 heavy (non-hydrogen) atoms. The minimum atomic E-state index is -0.869. The van der Waals surface area contributed by atoms with E-state index in [2.05, 4.69) is 4.84 Å². The fraction of sp³-hybridized carbons (Fsp3) is 0.833. The van der Waals surface area contributed by atoms with Crippen LogP contribution in [0.3, 0.4) is 0 Å². The minimum absolute atomic E-state index is 0.560. The zero-order chi connectivity index (χ0) is 8.27. The van der Waals surface area contributed by atoms with Crippen LogP contribution in [0.4, 0.5) is 4.79 Å². The standard InChI is InChI=1S/C6H12N2O3/c7-6(10)11-8-4-2-1-3-5(8)9/h5,9H,1-4H2,(H2,7,10). The fourth-order valence-corrected chi connectivity index (χ4v) is 1.11. The SMILES string of the molecule is NC(=O)ON1CCCCC1O. The lowest BCUT2D eigenvalue weighted by atomic mass is 10.1. The quantitative estimate of drug-likeness (QED) is 0.557. The van der Waals surface area contributed by atoms with Crippen LogP contribution in [-0.2, 0) is 4.84 Å². The molecule has 1 unspecified atom stereocenters. The van der Waals surface area contributed by atoms with Crippen molar-refractivity contribution in [1.29, 1.82) is 0 Å². The van der Waals surface area contributed by atoms with E-state index in [4.69, 9.17) is 5.73 Å². The summed E-state index contributed by atoms with van der Waals surface area (Å²) in [5, 5.41) is 10.4. The van der Waals surface area contributed by atoms with E-state index in [0.29, 0.717) is 13.0 Å². The molecule has 0 bridgehead atoms. The van der Waals surface area contributed by atoms with Gasteiger partial charge in [0.05, 0.1) is 0 Å². The molecule has 1 heterocycles. The Bertz CT molecular complexity index is 151. The summed E-state index contributed by atoms with van der Waals surface area (Å²) >= 11 is 0. The first-order valence-corrected chi connectivity index (χ1v) is 3.62. The zero-order valence-corrected chi connectivity index (χ0v) is 6.19. The van der Waals surface area contributed by atoms with Crippen LogP contribution in [0.2, 0.25) is 0 Å². The van der Waals surface area contributed by atoms with Gasteiger partial charge in [0.2, 0.25) is 0 Å².